The van der Waals surface area contributed by atoms with Crippen molar-refractivity contribution in [1.82, 2.24) is 10.6 Å². The SMILES string of the molecule is CC(C)(C)OC(=O)NCCC#Cc1c(Cl)ccc2c1CCNCC2. The predicted octanol–water partition coefficient (Wildman–Crippen LogP) is 3.29. The molecule has 5 heteroatoms. The van der Waals surface area contributed by atoms with Gasteiger partial charge >= 0.3 is 6.09 Å². The second-order valence-electron chi connectivity index (χ2n) is 6.79. The maximum absolute atomic E-state index is 11.6. The molecule has 0 saturated heterocycles. The van der Waals surface area contributed by atoms with Crippen molar-refractivity contribution < 1.29 is 9.53 Å². The number of carbonyl (C=O) groups excluding carboxylic acids is 1. The first-order valence-electron chi connectivity index (χ1n) is 8.33. The summed E-state index contributed by atoms with van der Waals surface area (Å²) < 4.78 is 5.18. The van der Waals surface area contributed by atoms with Gasteiger partial charge in [-0.25, -0.2) is 4.79 Å². The molecule has 0 bridgehead atoms. The molecule has 4 nitrogen and oxygen atoms in total. The number of ether oxygens (including phenoxy) is 1. The van der Waals surface area contributed by atoms with Crippen molar-refractivity contribution in [3.63, 3.8) is 0 Å². The fraction of sp³-hybridized carbons (Fsp3) is 0.526. The summed E-state index contributed by atoms with van der Waals surface area (Å²) in [5.74, 6) is 6.30. The van der Waals surface area contributed by atoms with Gasteiger partial charge in [-0.3, -0.25) is 0 Å². The lowest BCUT2D eigenvalue weighted by atomic mass is 9.97. The Morgan fingerprint density at radius 2 is 2.08 bits per heavy atom. The first-order valence-corrected chi connectivity index (χ1v) is 8.71. The van der Waals surface area contributed by atoms with E-state index in [-0.39, 0.29) is 0 Å². The van der Waals surface area contributed by atoms with E-state index in [0.29, 0.717) is 18.0 Å². The number of carbonyl (C=O) groups is 1. The highest BCUT2D eigenvalue weighted by Crippen LogP contribution is 2.24. The Kier molecular flexibility index (Phi) is 6.53. The molecule has 1 aliphatic heterocycles. The van der Waals surface area contributed by atoms with Crippen molar-refractivity contribution >= 4 is 17.7 Å². The molecule has 1 aliphatic rings. The van der Waals surface area contributed by atoms with E-state index in [9.17, 15) is 4.79 Å². The molecule has 130 valence electrons. The van der Waals surface area contributed by atoms with Crippen LogP contribution in [0.3, 0.4) is 0 Å². The standard InChI is InChI=1S/C19H25ClN2O2/c1-19(2,3)24-18(23)22-11-5-4-6-16-15-10-13-21-12-9-14(15)7-8-17(16)20/h7-8,21H,5,9-13H2,1-3H3,(H,22,23). The van der Waals surface area contributed by atoms with Crippen molar-refractivity contribution in [2.75, 3.05) is 19.6 Å². The number of hydrogen-bond acceptors (Lipinski definition) is 3. The summed E-state index contributed by atoms with van der Waals surface area (Å²) in [6.45, 7) is 7.90. The van der Waals surface area contributed by atoms with E-state index in [4.69, 9.17) is 16.3 Å². The van der Waals surface area contributed by atoms with Crippen LogP contribution in [-0.2, 0) is 17.6 Å². The Morgan fingerprint density at radius 1 is 1.33 bits per heavy atom. The van der Waals surface area contributed by atoms with Gasteiger partial charge in [0.25, 0.3) is 0 Å². The lowest BCUT2D eigenvalue weighted by molar-refractivity contribution is 0.0529. The summed E-state index contributed by atoms with van der Waals surface area (Å²) in [5.41, 5.74) is 3.01. The van der Waals surface area contributed by atoms with Gasteiger partial charge in [-0.15, -0.1) is 0 Å². The molecule has 0 atom stereocenters. The van der Waals surface area contributed by atoms with Crippen LogP contribution < -0.4 is 10.6 Å². The molecule has 1 aromatic carbocycles. The molecular weight excluding hydrogens is 324 g/mol. The van der Waals surface area contributed by atoms with E-state index in [1.165, 1.54) is 11.1 Å². The first kappa shape index (κ1) is 18.6. The van der Waals surface area contributed by atoms with Crippen LogP contribution in [0.2, 0.25) is 5.02 Å². The normalized spacial score (nSPS) is 14.0. The number of halogens is 1. The molecule has 0 spiro atoms. The molecule has 2 rings (SSSR count). The smallest absolute Gasteiger partial charge is 0.407 e. The van der Waals surface area contributed by atoms with Gasteiger partial charge in [0.1, 0.15) is 5.60 Å². The van der Waals surface area contributed by atoms with Gasteiger partial charge in [0.2, 0.25) is 0 Å². The molecule has 1 heterocycles. The number of rotatable bonds is 2. The Labute approximate surface area is 149 Å². The van der Waals surface area contributed by atoms with Gasteiger partial charge in [0.05, 0.1) is 5.02 Å². The Bertz CT molecular complexity index is 654. The molecule has 0 saturated carbocycles. The fourth-order valence-corrected chi connectivity index (χ4v) is 2.80. The number of hydrogen-bond donors (Lipinski definition) is 2. The Morgan fingerprint density at radius 3 is 2.83 bits per heavy atom. The summed E-state index contributed by atoms with van der Waals surface area (Å²) in [6, 6.07) is 4.02. The van der Waals surface area contributed by atoms with Gasteiger partial charge < -0.3 is 15.4 Å². The summed E-state index contributed by atoms with van der Waals surface area (Å²) in [7, 11) is 0. The van der Waals surface area contributed by atoms with Crippen LogP contribution >= 0.6 is 11.6 Å². The zero-order chi connectivity index (χ0) is 17.6. The molecular formula is C19H25ClN2O2. The van der Waals surface area contributed by atoms with Crippen LogP contribution in [-0.4, -0.2) is 31.3 Å². The highest BCUT2D eigenvalue weighted by Gasteiger charge is 2.15. The maximum atomic E-state index is 11.6. The molecule has 1 amide bonds. The number of fused-ring (bicyclic) bond motifs is 1. The van der Waals surface area contributed by atoms with E-state index >= 15 is 0 Å². The number of benzene rings is 1. The molecule has 2 N–H and O–H groups in total. The third kappa shape index (κ3) is 5.74. The van der Waals surface area contributed by atoms with E-state index in [1.54, 1.807) is 0 Å². The second-order valence-corrected chi connectivity index (χ2v) is 7.20. The lowest BCUT2D eigenvalue weighted by Crippen LogP contribution is -2.32. The third-order valence-electron chi connectivity index (χ3n) is 3.61. The molecule has 24 heavy (non-hydrogen) atoms. The highest BCUT2D eigenvalue weighted by molar-refractivity contribution is 6.31. The van der Waals surface area contributed by atoms with Crippen LogP contribution in [0.15, 0.2) is 12.1 Å². The van der Waals surface area contributed by atoms with Crippen molar-refractivity contribution in [2.24, 2.45) is 0 Å². The summed E-state index contributed by atoms with van der Waals surface area (Å²) >= 11 is 6.34. The van der Waals surface area contributed by atoms with Gasteiger partial charge in [0.15, 0.2) is 0 Å². The molecule has 0 aliphatic carbocycles. The van der Waals surface area contributed by atoms with Crippen LogP contribution in [0.4, 0.5) is 4.79 Å². The molecule has 0 unspecified atom stereocenters. The minimum atomic E-state index is -0.487. The van der Waals surface area contributed by atoms with Gasteiger partial charge in [0, 0.05) is 18.5 Å². The minimum absolute atomic E-state index is 0.415. The fourth-order valence-electron chi connectivity index (χ4n) is 2.57. The lowest BCUT2D eigenvalue weighted by Gasteiger charge is -2.19. The number of amides is 1. The quantitative estimate of drug-likeness (QED) is 0.637. The van der Waals surface area contributed by atoms with E-state index in [1.807, 2.05) is 26.8 Å². The van der Waals surface area contributed by atoms with Crippen LogP contribution in [0.25, 0.3) is 0 Å². The zero-order valence-electron chi connectivity index (χ0n) is 14.6. The topological polar surface area (TPSA) is 50.4 Å². The van der Waals surface area contributed by atoms with E-state index < -0.39 is 11.7 Å². The average molecular weight is 349 g/mol. The zero-order valence-corrected chi connectivity index (χ0v) is 15.3. The van der Waals surface area contributed by atoms with Gasteiger partial charge in [-0.2, -0.15) is 0 Å². The first-order chi connectivity index (χ1) is 11.4. The summed E-state index contributed by atoms with van der Waals surface area (Å²) in [4.78, 5) is 11.6. The monoisotopic (exact) mass is 348 g/mol. The average Bonchev–Trinajstić information content (AvgIpc) is 2.72. The van der Waals surface area contributed by atoms with E-state index in [2.05, 4.69) is 28.5 Å². The second kappa shape index (κ2) is 8.41. The van der Waals surface area contributed by atoms with Gasteiger partial charge in [-0.05, 0) is 63.9 Å². The van der Waals surface area contributed by atoms with Gasteiger partial charge in [-0.1, -0.05) is 29.5 Å². The predicted molar refractivity (Wildman–Crippen MR) is 97.5 cm³/mol. The minimum Gasteiger partial charge on any atom is -0.444 e. The number of nitrogens with one attached hydrogen (secondary N) is 2. The Hall–Kier alpha value is -1.70. The van der Waals surface area contributed by atoms with Crippen LogP contribution in [0.1, 0.15) is 43.9 Å². The van der Waals surface area contributed by atoms with Crippen molar-refractivity contribution in [3.8, 4) is 11.8 Å². The highest BCUT2D eigenvalue weighted by atomic mass is 35.5. The van der Waals surface area contributed by atoms with E-state index in [0.717, 1.165) is 31.5 Å². The van der Waals surface area contributed by atoms with Crippen LogP contribution in [0.5, 0.6) is 0 Å². The number of alkyl carbamates (subject to hydrolysis) is 1. The summed E-state index contributed by atoms with van der Waals surface area (Å²) in [5, 5.41) is 6.80. The van der Waals surface area contributed by atoms with Crippen molar-refractivity contribution in [2.45, 2.75) is 45.6 Å². The van der Waals surface area contributed by atoms with Crippen molar-refractivity contribution in [1.29, 1.82) is 0 Å². The molecule has 0 fully saturated rings. The Balaban J connectivity index is 1.95. The van der Waals surface area contributed by atoms with Crippen molar-refractivity contribution in [3.05, 3.63) is 33.8 Å². The maximum Gasteiger partial charge on any atom is 0.407 e. The molecule has 1 aromatic rings. The molecule has 0 radical (unpaired) electrons. The van der Waals surface area contributed by atoms with Crippen LogP contribution in [0, 0.1) is 11.8 Å². The molecule has 0 aromatic heterocycles. The largest absolute Gasteiger partial charge is 0.444 e. The third-order valence-corrected chi connectivity index (χ3v) is 3.93. The summed E-state index contributed by atoms with van der Waals surface area (Å²) in [6.07, 6.45) is 2.08.